The number of rotatable bonds is 4. The number of nitrogens with two attached hydrogens (primary N) is 1. The van der Waals surface area contributed by atoms with Crippen molar-refractivity contribution < 1.29 is 0 Å². The molecule has 0 aliphatic rings. The first kappa shape index (κ1) is 10.7. The Kier molecular flexibility index (Phi) is 3.65. The molecule has 0 saturated carbocycles. The Morgan fingerprint density at radius 2 is 2.36 bits per heavy atom. The van der Waals surface area contributed by atoms with Crippen molar-refractivity contribution in [2.75, 3.05) is 18.5 Å². The Morgan fingerprint density at radius 1 is 1.64 bits per heavy atom. The molecule has 0 radical (unpaired) electrons. The molecule has 0 unspecified atom stereocenters. The number of aryl methyl sites for hydroxylation is 1. The molecule has 3 heteroatoms. The normalized spacial score (nSPS) is 9.93. The highest BCUT2D eigenvalue weighted by Gasteiger charge is 2.05. The van der Waals surface area contributed by atoms with Crippen LogP contribution in [0.5, 0.6) is 0 Å². The highest BCUT2D eigenvalue weighted by molar-refractivity contribution is 5.53. The third-order valence-corrected chi connectivity index (χ3v) is 2.13. The second-order valence-corrected chi connectivity index (χ2v) is 3.33. The van der Waals surface area contributed by atoms with Crippen molar-refractivity contribution >= 4 is 5.69 Å². The number of hydrogen-bond acceptors (Lipinski definition) is 3. The topological polar surface area (TPSA) is 42.2 Å². The Morgan fingerprint density at radius 3 is 2.93 bits per heavy atom. The van der Waals surface area contributed by atoms with Crippen molar-refractivity contribution in [3.8, 4) is 0 Å². The summed E-state index contributed by atoms with van der Waals surface area (Å²) in [6, 6.07) is 2.05. The molecule has 0 aromatic carbocycles. The lowest BCUT2D eigenvalue weighted by Gasteiger charge is -2.20. The maximum atomic E-state index is 5.64. The second-order valence-electron chi connectivity index (χ2n) is 3.33. The van der Waals surface area contributed by atoms with Crippen molar-refractivity contribution in [3.63, 3.8) is 0 Å². The summed E-state index contributed by atoms with van der Waals surface area (Å²) in [6.45, 7) is 7.03. The number of likely N-dealkylation sites (N-methyl/N-ethyl adjacent to an activating group) is 1. The van der Waals surface area contributed by atoms with E-state index < -0.39 is 0 Å². The Hall–Kier alpha value is -1.35. The van der Waals surface area contributed by atoms with Gasteiger partial charge in [0.05, 0.1) is 0 Å². The molecule has 3 nitrogen and oxygen atoms in total. The van der Waals surface area contributed by atoms with Gasteiger partial charge in [0.15, 0.2) is 0 Å². The van der Waals surface area contributed by atoms with Gasteiger partial charge in [-0.25, -0.2) is 0 Å². The van der Waals surface area contributed by atoms with Crippen LogP contribution < -0.4 is 10.6 Å². The molecular weight excluding hydrogens is 174 g/mol. The summed E-state index contributed by atoms with van der Waals surface area (Å²) in [5, 5.41) is 0. The Bertz CT molecular complexity index is 320. The molecule has 0 saturated heterocycles. The van der Waals surface area contributed by atoms with E-state index in [9.17, 15) is 0 Å². The fraction of sp³-hybridized carbons (Fsp3) is 0.364. The van der Waals surface area contributed by atoms with Gasteiger partial charge in [0.1, 0.15) is 0 Å². The van der Waals surface area contributed by atoms with E-state index in [-0.39, 0.29) is 0 Å². The van der Waals surface area contributed by atoms with Gasteiger partial charge in [0.2, 0.25) is 0 Å². The van der Waals surface area contributed by atoms with Crippen molar-refractivity contribution in [1.29, 1.82) is 0 Å². The maximum absolute atomic E-state index is 5.64. The maximum Gasteiger partial charge on any atom is 0.0445 e. The van der Waals surface area contributed by atoms with Crippen LogP contribution in [0.2, 0.25) is 0 Å². The summed E-state index contributed by atoms with van der Waals surface area (Å²) < 4.78 is 0. The minimum Gasteiger partial charge on any atom is -0.371 e. The molecule has 0 bridgehead atoms. The predicted molar refractivity (Wildman–Crippen MR) is 60.3 cm³/mol. The first-order valence-electron chi connectivity index (χ1n) is 4.66. The van der Waals surface area contributed by atoms with Gasteiger partial charge in [-0.05, 0) is 13.0 Å². The van der Waals surface area contributed by atoms with Crippen molar-refractivity contribution in [2.24, 2.45) is 5.73 Å². The van der Waals surface area contributed by atoms with E-state index in [1.807, 2.05) is 32.3 Å². The standard InChI is InChI=1S/C11H17N3/c1-4-5-14(3)11-6-9(2)13-8-10(11)7-12/h4,6,8H,1,5,7,12H2,2-3H3. The second kappa shape index (κ2) is 4.77. The molecule has 0 fully saturated rings. The molecule has 0 aliphatic heterocycles. The van der Waals surface area contributed by atoms with Crippen molar-refractivity contribution in [2.45, 2.75) is 13.5 Å². The summed E-state index contributed by atoms with van der Waals surface area (Å²) in [4.78, 5) is 6.34. The van der Waals surface area contributed by atoms with E-state index in [0.717, 1.165) is 23.5 Å². The molecule has 0 spiro atoms. The van der Waals surface area contributed by atoms with Gasteiger partial charge in [-0.3, -0.25) is 4.98 Å². The molecule has 1 heterocycles. The van der Waals surface area contributed by atoms with E-state index in [1.54, 1.807) is 0 Å². The molecule has 76 valence electrons. The summed E-state index contributed by atoms with van der Waals surface area (Å²) in [5.41, 5.74) is 8.86. The zero-order valence-corrected chi connectivity index (χ0v) is 8.83. The van der Waals surface area contributed by atoms with Crippen LogP contribution in [0.1, 0.15) is 11.3 Å². The molecule has 1 aromatic rings. The minimum absolute atomic E-state index is 0.518. The highest BCUT2D eigenvalue weighted by Crippen LogP contribution is 2.18. The smallest absolute Gasteiger partial charge is 0.0445 e. The van der Waals surface area contributed by atoms with Gasteiger partial charge in [0, 0.05) is 43.3 Å². The molecular formula is C11H17N3. The summed E-state index contributed by atoms with van der Waals surface area (Å²) >= 11 is 0. The minimum atomic E-state index is 0.518. The van der Waals surface area contributed by atoms with Gasteiger partial charge in [-0.2, -0.15) is 0 Å². The number of aromatic nitrogens is 1. The van der Waals surface area contributed by atoms with Crippen LogP contribution in [-0.2, 0) is 6.54 Å². The van der Waals surface area contributed by atoms with Gasteiger partial charge < -0.3 is 10.6 Å². The van der Waals surface area contributed by atoms with E-state index in [1.165, 1.54) is 0 Å². The van der Waals surface area contributed by atoms with Gasteiger partial charge >= 0.3 is 0 Å². The molecule has 0 aliphatic carbocycles. The highest BCUT2D eigenvalue weighted by atomic mass is 15.1. The van der Waals surface area contributed by atoms with Crippen LogP contribution in [0.3, 0.4) is 0 Å². The number of nitrogens with zero attached hydrogens (tertiary/aromatic N) is 2. The van der Waals surface area contributed by atoms with Crippen LogP contribution in [0.15, 0.2) is 24.9 Å². The van der Waals surface area contributed by atoms with Crippen LogP contribution in [0.4, 0.5) is 5.69 Å². The summed E-state index contributed by atoms with van der Waals surface area (Å²) in [5.74, 6) is 0. The fourth-order valence-corrected chi connectivity index (χ4v) is 1.38. The van der Waals surface area contributed by atoms with Gasteiger partial charge in [-0.1, -0.05) is 6.08 Å². The molecule has 0 amide bonds. The third kappa shape index (κ3) is 2.33. The lowest BCUT2D eigenvalue weighted by Crippen LogP contribution is -2.19. The van der Waals surface area contributed by atoms with E-state index in [0.29, 0.717) is 6.54 Å². The number of pyridine rings is 1. The zero-order chi connectivity index (χ0) is 10.6. The molecule has 2 N–H and O–H groups in total. The SMILES string of the molecule is C=CCN(C)c1cc(C)ncc1CN. The third-order valence-electron chi connectivity index (χ3n) is 2.13. The number of hydrogen-bond donors (Lipinski definition) is 1. The Labute approximate surface area is 85.3 Å². The van der Waals surface area contributed by atoms with Gasteiger partial charge in [0.25, 0.3) is 0 Å². The van der Waals surface area contributed by atoms with Gasteiger partial charge in [-0.15, -0.1) is 6.58 Å². The molecule has 14 heavy (non-hydrogen) atoms. The average molecular weight is 191 g/mol. The van der Waals surface area contributed by atoms with Crippen molar-refractivity contribution in [3.05, 3.63) is 36.2 Å². The first-order valence-corrected chi connectivity index (χ1v) is 4.66. The summed E-state index contributed by atoms with van der Waals surface area (Å²) in [6.07, 6.45) is 3.71. The molecule has 1 rings (SSSR count). The Balaban J connectivity index is 3.02. The van der Waals surface area contributed by atoms with E-state index >= 15 is 0 Å². The average Bonchev–Trinajstić information content (AvgIpc) is 2.18. The van der Waals surface area contributed by atoms with Crippen LogP contribution in [0, 0.1) is 6.92 Å². The monoisotopic (exact) mass is 191 g/mol. The zero-order valence-electron chi connectivity index (χ0n) is 8.83. The fourth-order valence-electron chi connectivity index (χ4n) is 1.38. The summed E-state index contributed by atoms with van der Waals surface area (Å²) in [7, 11) is 2.02. The quantitative estimate of drug-likeness (QED) is 0.733. The van der Waals surface area contributed by atoms with Crippen LogP contribution >= 0.6 is 0 Å². The van der Waals surface area contributed by atoms with E-state index in [2.05, 4.69) is 16.5 Å². The van der Waals surface area contributed by atoms with Crippen molar-refractivity contribution in [1.82, 2.24) is 4.98 Å². The largest absolute Gasteiger partial charge is 0.371 e. The van der Waals surface area contributed by atoms with E-state index in [4.69, 9.17) is 5.73 Å². The van der Waals surface area contributed by atoms with Crippen LogP contribution in [-0.4, -0.2) is 18.6 Å². The molecule has 0 atom stereocenters. The lowest BCUT2D eigenvalue weighted by molar-refractivity contribution is 0.962. The molecule has 1 aromatic heterocycles. The lowest BCUT2D eigenvalue weighted by atomic mass is 10.2. The predicted octanol–water partition coefficient (Wildman–Crippen LogP) is 1.47. The number of anilines is 1. The first-order chi connectivity index (χ1) is 6.69. The van der Waals surface area contributed by atoms with Crippen LogP contribution in [0.25, 0.3) is 0 Å².